The molecule has 1 amide bonds. The monoisotopic (exact) mass is 559 g/mol. The minimum absolute atomic E-state index is 0.189. The van der Waals surface area contributed by atoms with Crippen molar-refractivity contribution in [3.05, 3.63) is 113 Å². The second kappa shape index (κ2) is 12.0. The number of aryl methyl sites for hydroxylation is 2. The largest absolute Gasteiger partial charge is 0.465 e. The second-order valence-electron chi connectivity index (χ2n) is 9.93. The third-order valence-corrected chi connectivity index (χ3v) is 6.79. The lowest BCUT2D eigenvalue weighted by Gasteiger charge is -2.15. The molecule has 1 atom stereocenters. The highest BCUT2D eigenvalue weighted by Gasteiger charge is 2.22. The lowest BCUT2D eigenvalue weighted by Crippen LogP contribution is -2.30. The second-order valence-corrected chi connectivity index (χ2v) is 9.93. The molecule has 0 saturated carbocycles. The van der Waals surface area contributed by atoms with Crippen LogP contribution in [-0.2, 0) is 14.3 Å². The van der Waals surface area contributed by atoms with E-state index in [1.54, 1.807) is 36.4 Å². The fraction of sp³-hybridized carbons (Fsp3) is 0.147. The van der Waals surface area contributed by atoms with Crippen LogP contribution in [0.1, 0.15) is 38.8 Å². The Hall–Kier alpha value is -5.37. The molecule has 0 aliphatic rings. The summed E-state index contributed by atoms with van der Waals surface area (Å²) in [5.41, 5.74) is 7.32. The van der Waals surface area contributed by atoms with E-state index in [0.717, 1.165) is 27.9 Å². The molecule has 5 rings (SSSR count). The number of esters is 2. The number of nitrogens with zero attached hydrogens (tertiary/aromatic N) is 2. The van der Waals surface area contributed by atoms with Gasteiger partial charge in [-0.2, -0.15) is 0 Å². The molecule has 0 fully saturated rings. The molecule has 5 aromatic rings. The molecular weight excluding hydrogens is 530 g/mol. The van der Waals surface area contributed by atoms with Gasteiger partial charge in [0.15, 0.2) is 6.10 Å². The maximum Gasteiger partial charge on any atom is 0.339 e. The number of para-hydroxylation sites is 1. The van der Waals surface area contributed by atoms with E-state index in [-0.39, 0.29) is 16.8 Å². The van der Waals surface area contributed by atoms with Crippen LogP contribution in [0, 0.1) is 13.8 Å². The maximum absolute atomic E-state index is 13.1. The molecule has 0 bridgehead atoms. The average molecular weight is 560 g/mol. The van der Waals surface area contributed by atoms with E-state index in [2.05, 4.69) is 5.32 Å². The fourth-order valence-corrected chi connectivity index (χ4v) is 4.40. The Kier molecular flexibility index (Phi) is 8.06. The van der Waals surface area contributed by atoms with Crippen LogP contribution in [0.15, 0.2) is 91.0 Å². The van der Waals surface area contributed by atoms with Crippen LogP contribution in [-0.4, -0.2) is 41.0 Å². The molecule has 0 spiro atoms. The van der Waals surface area contributed by atoms with Gasteiger partial charge in [-0.05, 0) is 51.1 Å². The highest BCUT2D eigenvalue weighted by atomic mass is 16.5. The molecule has 1 unspecified atom stereocenters. The molecule has 4 aromatic carbocycles. The number of anilines is 1. The molecule has 1 N–H and O–H groups in total. The van der Waals surface area contributed by atoms with Gasteiger partial charge >= 0.3 is 11.9 Å². The van der Waals surface area contributed by atoms with Crippen molar-refractivity contribution in [2.24, 2.45) is 0 Å². The van der Waals surface area contributed by atoms with Crippen LogP contribution >= 0.6 is 0 Å². The first-order valence-electron chi connectivity index (χ1n) is 13.4. The number of hydrogen-bond acceptors (Lipinski definition) is 7. The summed E-state index contributed by atoms with van der Waals surface area (Å²) in [5.74, 6) is -1.88. The lowest BCUT2D eigenvalue weighted by molar-refractivity contribution is -0.123. The number of aromatic nitrogens is 2. The molecule has 42 heavy (non-hydrogen) atoms. The Morgan fingerprint density at radius 2 is 1.29 bits per heavy atom. The van der Waals surface area contributed by atoms with Gasteiger partial charge in [-0.25, -0.2) is 19.6 Å². The zero-order chi connectivity index (χ0) is 29.8. The van der Waals surface area contributed by atoms with E-state index in [1.807, 2.05) is 62.4 Å². The molecule has 0 aliphatic heterocycles. The van der Waals surface area contributed by atoms with Crippen molar-refractivity contribution in [3.63, 3.8) is 0 Å². The van der Waals surface area contributed by atoms with Gasteiger partial charge in [-0.15, -0.1) is 0 Å². The number of fused-ring (bicyclic) bond motifs is 1. The van der Waals surface area contributed by atoms with Crippen LogP contribution < -0.4 is 5.32 Å². The topological polar surface area (TPSA) is 107 Å². The van der Waals surface area contributed by atoms with E-state index in [0.29, 0.717) is 16.7 Å². The summed E-state index contributed by atoms with van der Waals surface area (Å²) < 4.78 is 10.2. The number of nitrogens with one attached hydrogen (secondary N) is 1. The summed E-state index contributed by atoms with van der Waals surface area (Å²) in [4.78, 5) is 47.8. The summed E-state index contributed by atoms with van der Waals surface area (Å²) >= 11 is 0. The molecule has 8 heteroatoms. The van der Waals surface area contributed by atoms with Gasteiger partial charge in [0.1, 0.15) is 0 Å². The van der Waals surface area contributed by atoms with Crippen molar-refractivity contribution in [3.8, 4) is 22.5 Å². The van der Waals surface area contributed by atoms with Crippen molar-refractivity contribution in [2.75, 3.05) is 12.4 Å². The smallest absolute Gasteiger partial charge is 0.339 e. The molecule has 1 heterocycles. The summed E-state index contributed by atoms with van der Waals surface area (Å²) in [6, 6.07) is 27.5. The van der Waals surface area contributed by atoms with E-state index in [1.165, 1.54) is 20.1 Å². The molecule has 8 nitrogen and oxygen atoms in total. The Morgan fingerprint density at radius 1 is 0.714 bits per heavy atom. The summed E-state index contributed by atoms with van der Waals surface area (Å²) in [7, 11) is 1.26. The number of carbonyl (C=O) groups is 3. The van der Waals surface area contributed by atoms with Crippen molar-refractivity contribution in [2.45, 2.75) is 26.9 Å². The predicted octanol–water partition coefficient (Wildman–Crippen LogP) is 6.55. The quantitative estimate of drug-likeness (QED) is 0.225. The normalized spacial score (nSPS) is 11.5. The highest BCUT2D eigenvalue weighted by Crippen LogP contribution is 2.32. The Bertz CT molecular complexity index is 1800. The zero-order valence-corrected chi connectivity index (χ0v) is 23.7. The number of rotatable bonds is 7. The summed E-state index contributed by atoms with van der Waals surface area (Å²) in [6.45, 7) is 5.51. The minimum atomic E-state index is -1.14. The third kappa shape index (κ3) is 6.02. The fourth-order valence-electron chi connectivity index (χ4n) is 4.40. The van der Waals surface area contributed by atoms with E-state index in [4.69, 9.17) is 19.4 Å². The van der Waals surface area contributed by atoms with Crippen molar-refractivity contribution in [1.82, 2.24) is 9.97 Å². The average Bonchev–Trinajstić information content (AvgIpc) is 3.00. The first-order valence-corrected chi connectivity index (χ1v) is 13.4. The number of ether oxygens (including phenoxy) is 2. The van der Waals surface area contributed by atoms with Crippen molar-refractivity contribution < 1.29 is 23.9 Å². The molecule has 1 aromatic heterocycles. The Labute approximate surface area is 243 Å². The van der Waals surface area contributed by atoms with E-state index in [9.17, 15) is 14.4 Å². The molecule has 0 saturated heterocycles. The third-order valence-electron chi connectivity index (χ3n) is 6.79. The highest BCUT2D eigenvalue weighted by molar-refractivity contribution is 6.03. The van der Waals surface area contributed by atoms with Gasteiger partial charge in [0.05, 0.1) is 46.3 Å². The lowest BCUT2D eigenvalue weighted by atomic mass is 10.0. The van der Waals surface area contributed by atoms with E-state index < -0.39 is 23.9 Å². The standard InChI is InChI=1S/C34H29N3O5/c1-20-9-13-23(14-10-20)30-31(24-15-11-21(2)12-16-24)36-29-19-25(17-18-28(29)35-30)33(39)42-22(3)32(38)37-27-8-6-5-7-26(27)34(40)41-4/h5-19,22H,1-4H3,(H,37,38). The SMILES string of the molecule is COC(=O)c1ccccc1NC(=O)C(C)OC(=O)c1ccc2nc(-c3ccc(C)cc3)c(-c3ccc(C)cc3)nc2c1. The minimum Gasteiger partial charge on any atom is -0.465 e. The first kappa shape index (κ1) is 28.2. The number of carbonyl (C=O) groups excluding carboxylic acids is 3. The number of hydrogen-bond donors (Lipinski definition) is 1. The number of amides is 1. The van der Waals surface area contributed by atoms with Gasteiger partial charge in [-0.3, -0.25) is 4.79 Å². The van der Waals surface area contributed by atoms with Crippen LogP contribution in [0.4, 0.5) is 5.69 Å². The van der Waals surface area contributed by atoms with Gasteiger partial charge < -0.3 is 14.8 Å². The molecule has 0 radical (unpaired) electrons. The van der Waals surface area contributed by atoms with Crippen LogP contribution in [0.2, 0.25) is 0 Å². The van der Waals surface area contributed by atoms with Crippen LogP contribution in [0.5, 0.6) is 0 Å². The van der Waals surface area contributed by atoms with Gasteiger partial charge in [-0.1, -0.05) is 71.8 Å². The van der Waals surface area contributed by atoms with E-state index >= 15 is 0 Å². The summed E-state index contributed by atoms with van der Waals surface area (Å²) in [5, 5.41) is 2.63. The summed E-state index contributed by atoms with van der Waals surface area (Å²) in [6.07, 6.45) is -1.14. The molecule has 0 aliphatic carbocycles. The van der Waals surface area contributed by atoms with Gasteiger partial charge in [0.25, 0.3) is 5.91 Å². The zero-order valence-electron chi connectivity index (χ0n) is 23.7. The Morgan fingerprint density at radius 3 is 1.88 bits per heavy atom. The first-order chi connectivity index (χ1) is 20.2. The number of methoxy groups -OCH3 is 1. The van der Waals surface area contributed by atoms with Gasteiger partial charge in [0, 0.05) is 11.1 Å². The number of benzene rings is 4. The maximum atomic E-state index is 13.1. The van der Waals surface area contributed by atoms with Gasteiger partial charge in [0.2, 0.25) is 0 Å². The van der Waals surface area contributed by atoms with Crippen LogP contribution in [0.25, 0.3) is 33.5 Å². The van der Waals surface area contributed by atoms with Crippen molar-refractivity contribution >= 4 is 34.6 Å². The Balaban J connectivity index is 1.42. The van der Waals surface area contributed by atoms with Crippen LogP contribution in [0.3, 0.4) is 0 Å². The molecule has 210 valence electrons. The van der Waals surface area contributed by atoms with Crippen molar-refractivity contribution in [1.29, 1.82) is 0 Å². The predicted molar refractivity (Wildman–Crippen MR) is 161 cm³/mol. The molecular formula is C34H29N3O5.